The molecule has 0 aliphatic heterocycles. The van der Waals surface area contributed by atoms with E-state index in [2.05, 4.69) is 0 Å². The molecule has 0 fully saturated rings. The molecule has 32 valence electrons. The standard InChI is InChI=1S/C3H3NOSe/c5-4-1-2-6-3-4/h1-3H. The monoisotopic (exact) mass is 149 g/mol. The van der Waals surface area contributed by atoms with Gasteiger partial charge in [-0.25, -0.2) is 0 Å². The molecule has 0 radical (unpaired) electrons. The zero-order valence-corrected chi connectivity index (χ0v) is 4.71. The molecule has 6 heavy (non-hydrogen) atoms. The van der Waals surface area contributed by atoms with Crippen LogP contribution in [-0.2, 0) is 0 Å². The van der Waals surface area contributed by atoms with Crippen molar-refractivity contribution < 1.29 is 4.73 Å². The first kappa shape index (κ1) is 3.90. The molecule has 2 nitrogen and oxygen atoms in total. The van der Waals surface area contributed by atoms with Gasteiger partial charge in [-0.2, -0.15) is 0 Å². The Kier molecular flexibility index (Phi) is 0.945. The molecule has 0 unspecified atom stereocenters. The van der Waals surface area contributed by atoms with Crippen molar-refractivity contribution in [2.24, 2.45) is 0 Å². The van der Waals surface area contributed by atoms with Crippen LogP contribution in [0.25, 0.3) is 0 Å². The second-order valence-corrected chi connectivity index (χ2v) is 2.47. The molecule has 0 saturated heterocycles. The molecule has 1 aromatic heterocycles. The van der Waals surface area contributed by atoms with Gasteiger partial charge in [0.15, 0.2) is 0 Å². The molecule has 0 N–H and O–H groups in total. The van der Waals surface area contributed by atoms with Gasteiger partial charge in [-0.05, 0) is 0 Å². The molecule has 1 rings (SSSR count). The summed E-state index contributed by atoms with van der Waals surface area (Å²) in [5.74, 6) is 0. The Morgan fingerprint density at radius 3 is 2.67 bits per heavy atom. The van der Waals surface area contributed by atoms with Crippen molar-refractivity contribution in [2.45, 2.75) is 0 Å². The molecule has 0 amide bonds. The van der Waals surface area contributed by atoms with Gasteiger partial charge < -0.3 is 0 Å². The molecule has 1 heterocycles. The van der Waals surface area contributed by atoms with E-state index >= 15 is 0 Å². The van der Waals surface area contributed by atoms with Gasteiger partial charge in [0, 0.05) is 0 Å². The molecular formula is C3H3NOSe. The van der Waals surface area contributed by atoms with Crippen molar-refractivity contribution in [1.82, 2.24) is 0 Å². The Labute approximate surface area is 41.4 Å². The van der Waals surface area contributed by atoms with Gasteiger partial charge in [0.05, 0.1) is 0 Å². The number of hydrogen-bond donors (Lipinski definition) is 0. The fourth-order valence-electron chi connectivity index (χ4n) is 0.225. The predicted molar refractivity (Wildman–Crippen MR) is 22.3 cm³/mol. The van der Waals surface area contributed by atoms with Crippen molar-refractivity contribution in [3.05, 3.63) is 21.4 Å². The van der Waals surface area contributed by atoms with Crippen LogP contribution in [0.3, 0.4) is 0 Å². The van der Waals surface area contributed by atoms with Gasteiger partial charge in [0.2, 0.25) is 0 Å². The predicted octanol–water partition coefficient (Wildman–Crippen LogP) is -0.623. The Morgan fingerprint density at radius 2 is 2.50 bits per heavy atom. The number of nitrogens with zero attached hydrogens (tertiary/aromatic N) is 1. The molecule has 3 heteroatoms. The van der Waals surface area contributed by atoms with Gasteiger partial charge in [0.25, 0.3) is 0 Å². The van der Waals surface area contributed by atoms with E-state index in [0.717, 1.165) is 4.73 Å². The van der Waals surface area contributed by atoms with E-state index in [0.29, 0.717) is 14.5 Å². The Morgan fingerprint density at radius 1 is 1.67 bits per heavy atom. The second-order valence-electron chi connectivity index (χ2n) is 0.887. The minimum atomic E-state index is 0.349. The Hall–Kier alpha value is -0.271. The van der Waals surface area contributed by atoms with Crippen LogP contribution in [-0.4, -0.2) is 14.5 Å². The van der Waals surface area contributed by atoms with Gasteiger partial charge in [-0.1, -0.05) is 0 Å². The summed E-state index contributed by atoms with van der Waals surface area (Å²) in [7, 11) is 0. The van der Waals surface area contributed by atoms with E-state index in [4.69, 9.17) is 0 Å². The van der Waals surface area contributed by atoms with Gasteiger partial charge >= 0.3 is 40.6 Å². The zero-order valence-electron chi connectivity index (χ0n) is 3.00. The second kappa shape index (κ2) is 1.45. The molecule has 0 bridgehead atoms. The first-order valence-corrected chi connectivity index (χ1v) is 3.48. The summed E-state index contributed by atoms with van der Waals surface area (Å²) in [6.45, 7) is 0. The van der Waals surface area contributed by atoms with Crippen LogP contribution in [0.1, 0.15) is 0 Å². The number of aromatic nitrogens is 1. The summed E-state index contributed by atoms with van der Waals surface area (Å²) in [4.78, 5) is 1.88. The summed E-state index contributed by atoms with van der Waals surface area (Å²) in [6, 6.07) is 0. The maximum atomic E-state index is 10.0. The molecule has 0 aliphatic carbocycles. The van der Waals surface area contributed by atoms with Crippen molar-refractivity contribution in [2.75, 3.05) is 0 Å². The summed E-state index contributed by atoms with van der Waals surface area (Å²) < 4.78 is 0.833. The zero-order chi connectivity index (χ0) is 4.41. The Bertz CT molecular complexity index is 114. The summed E-state index contributed by atoms with van der Waals surface area (Å²) in [6.07, 6.45) is 1.53. The van der Waals surface area contributed by atoms with Gasteiger partial charge in [-0.3, -0.25) is 0 Å². The van der Waals surface area contributed by atoms with Crippen molar-refractivity contribution >= 4 is 14.5 Å². The Balaban J connectivity index is 3.05. The van der Waals surface area contributed by atoms with Crippen LogP contribution in [0.5, 0.6) is 0 Å². The topological polar surface area (TPSA) is 26.9 Å². The van der Waals surface area contributed by atoms with Crippen LogP contribution in [0.2, 0.25) is 0 Å². The molecule has 0 atom stereocenters. The first-order valence-electron chi connectivity index (χ1n) is 1.50. The normalized spacial score (nSPS) is 8.67. The maximum absolute atomic E-state index is 10.0. The minimum absolute atomic E-state index is 0.349. The third-order valence-electron chi connectivity index (χ3n) is 0.451. The number of hydrogen-bond acceptors (Lipinski definition) is 1. The van der Waals surface area contributed by atoms with Crippen molar-refractivity contribution in [3.63, 3.8) is 0 Å². The average Bonchev–Trinajstić information content (AvgIpc) is 1.86. The summed E-state index contributed by atoms with van der Waals surface area (Å²) >= 11 is 0.349. The van der Waals surface area contributed by atoms with E-state index in [1.54, 1.807) is 5.07 Å². The molecule has 1 aromatic rings. The van der Waals surface area contributed by atoms with E-state index in [9.17, 15) is 5.21 Å². The molecular weight excluding hydrogens is 145 g/mol. The summed E-state index contributed by atoms with van der Waals surface area (Å²) in [5.41, 5.74) is 0. The van der Waals surface area contributed by atoms with Gasteiger partial charge in [-0.15, -0.1) is 0 Å². The van der Waals surface area contributed by atoms with E-state index in [1.165, 1.54) is 6.20 Å². The average molecular weight is 148 g/mol. The van der Waals surface area contributed by atoms with Crippen LogP contribution < -0.4 is 4.73 Å². The SMILES string of the molecule is [O-][n+]1cc[se]c1. The molecule has 0 spiro atoms. The van der Waals surface area contributed by atoms with Crippen LogP contribution in [0.4, 0.5) is 0 Å². The van der Waals surface area contributed by atoms with Crippen LogP contribution in [0.15, 0.2) is 16.2 Å². The van der Waals surface area contributed by atoms with E-state index in [1.807, 2.05) is 4.94 Å². The fraction of sp³-hybridized carbons (Fsp3) is 0. The molecule has 0 saturated carbocycles. The van der Waals surface area contributed by atoms with Crippen molar-refractivity contribution in [1.29, 1.82) is 0 Å². The number of rotatable bonds is 0. The third-order valence-corrected chi connectivity index (χ3v) is 1.73. The summed E-state index contributed by atoms with van der Waals surface area (Å²) in [5, 5.41) is 11.7. The van der Waals surface area contributed by atoms with Gasteiger partial charge in [0.1, 0.15) is 0 Å². The first-order chi connectivity index (χ1) is 2.89. The van der Waals surface area contributed by atoms with Crippen LogP contribution in [0, 0.1) is 5.21 Å². The van der Waals surface area contributed by atoms with Crippen molar-refractivity contribution in [3.8, 4) is 0 Å². The third kappa shape index (κ3) is 0.614. The quantitative estimate of drug-likeness (QED) is 0.273. The molecule has 0 aromatic carbocycles. The van der Waals surface area contributed by atoms with E-state index < -0.39 is 0 Å². The van der Waals surface area contributed by atoms with Crippen LogP contribution >= 0.6 is 0 Å². The fourth-order valence-corrected chi connectivity index (χ4v) is 1.17. The molecule has 0 aliphatic rings. The van der Waals surface area contributed by atoms with E-state index in [-0.39, 0.29) is 0 Å².